The van der Waals surface area contributed by atoms with Crippen LogP contribution in [0.1, 0.15) is 40.8 Å². The summed E-state index contributed by atoms with van der Waals surface area (Å²) in [4.78, 5) is 17.1. The van der Waals surface area contributed by atoms with Gasteiger partial charge >= 0.3 is 0 Å². The van der Waals surface area contributed by atoms with E-state index in [-0.39, 0.29) is 30.3 Å². The number of hydrogen-bond donors (Lipinski definition) is 1. The molecule has 0 aliphatic carbocycles. The fourth-order valence-corrected chi connectivity index (χ4v) is 4.89. The van der Waals surface area contributed by atoms with E-state index in [1.807, 2.05) is 60.7 Å². The van der Waals surface area contributed by atoms with Crippen molar-refractivity contribution in [1.29, 1.82) is 0 Å². The predicted octanol–water partition coefficient (Wildman–Crippen LogP) is 5.26. The molecule has 0 spiro atoms. The number of thiophene rings is 1. The summed E-state index contributed by atoms with van der Waals surface area (Å²) in [6, 6.07) is 24.7. The number of rotatable bonds is 7. The van der Waals surface area contributed by atoms with Crippen LogP contribution in [-0.4, -0.2) is 30.4 Å². The van der Waals surface area contributed by atoms with E-state index < -0.39 is 0 Å². The molecule has 29 heavy (non-hydrogen) atoms. The van der Waals surface area contributed by atoms with Gasteiger partial charge in [0.2, 0.25) is 5.91 Å². The maximum Gasteiger partial charge on any atom is 0.232 e. The van der Waals surface area contributed by atoms with Crippen molar-refractivity contribution < 1.29 is 4.79 Å². The van der Waals surface area contributed by atoms with Crippen LogP contribution in [0, 0.1) is 0 Å². The highest BCUT2D eigenvalue weighted by molar-refractivity contribution is 7.10. The number of amides is 1. The molecule has 2 heterocycles. The van der Waals surface area contributed by atoms with Crippen LogP contribution in [0.5, 0.6) is 0 Å². The third-order valence-electron chi connectivity index (χ3n) is 5.45. The number of carbonyl (C=O) groups excluding carboxylic acids is 1. The molecule has 1 atom stereocenters. The van der Waals surface area contributed by atoms with Crippen LogP contribution in [0.25, 0.3) is 0 Å². The summed E-state index contributed by atoms with van der Waals surface area (Å²) >= 11 is 1.78. The first kappa shape index (κ1) is 21.6. The van der Waals surface area contributed by atoms with E-state index in [0.29, 0.717) is 6.54 Å². The topological polar surface area (TPSA) is 32.3 Å². The minimum Gasteiger partial charge on any atom is -0.353 e. The lowest BCUT2D eigenvalue weighted by atomic mass is 9.90. The van der Waals surface area contributed by atoms with Crippen LogP contribution >= 0.6 is 23.7 Å². The Labute approximate surface area is 183 Å². The molecule has 3 nitrogen and oxygen atoms in total. The molecule has 1 fully saturated rings. The van der Waals surface area contributed by atoms with Gasteiger partial charge in [-0.05, 0) is 48.5 Å². The first-order valence-corrected chi connectivity index (χ1v) is 10.9. The number of likely N-dealkylation sites (tertiary alicyclic amines) is 1. The van der Waals surface area contributed by atoms with Crippen molar-refractivity contribution >= 4 is 29.7 Å². The third kappa shape index (κ3) is 5.27. The molecule has 1 aromatic heterocycles. The molecule has 1 saturated heterocycles. The number of benzene rings is 2. The molecule has 1 aliphatic rings. The van der Waals surface area contributed by atoms with E-state index in [1.54, 1.807) is 11.3 Å². The Morgan fingerprint density at radius 3 is 2.00 bits per heavy atom. The molecule has 0 radical (unpaired) electrons. The molecule has 1 aliphatic heterocycles. The van der Waals surface area contributed by atoms with Gasteiger partial charge < -0.3 is 5.32 Å². The van der Waals surface area contributed by atoms with Crippen LogP contribution < -0.4 is 5.32 Å². The van der Waals surface area contributed by atoms with Crippen molar-refractivity contribution in [2.45, 2.75) is 24.8 Å². The molecule has 5 heteroatoms. The van der Waals surface area contributed by atoms with E-state index in [1.165, 1.54) is 17.7 Å². The molecule has 152 valence electrons. The van der Waals surface area contributed by atoms with Crippen molar-refractivity contribution in [1.82, 2.24) is 10.2 Å². The molecule has 1 unspecified atom stereocenters. The van der Waals surface area contributed by atoms with Crippen molar-refractivity contribution in [2.75, 3.05) is 19.6 Å². The summed E-state index contributed by atoms with van der Waals surface area (Å²) in [7, 11) is 0. The summed E-state index contributed by atoms with van der Waals surface area (Å²) in [5, 5.41) is 5.39. The van der Waals surface area contributed by atoms with Crippen molar-refractivity contribution in [3.05, 3.63) is 94.2 Å². The van der Waals surface area contributed by atoms with Gasteiger partial charge in [-0.3, -0.25) is 9.69 Å². The van der Waals surface area contributed by atoms with Gasteiger partial charge in [0.15, 0.2) is 0 Å². The fourth-order valence-electron chi connectivity index (χ4n) is 4.03. The standard InChI is InChI=1S/C24H26N2OS.ClH/c27-24(23(19-10-3-1-4-11-19)20-12-5-2-6-13-20)25-18-21(22-14-9-17-28-22)26-15-7-8-16-26;/h1-6,9-14,17,21,23H,7-8,15-16,18H2,(H,25,27);1H. The maximum absolute atomic E-state index is 13.3. The van der Waals surface area contributed by atoms with Crippen LogP contribution in [0.3, 0.4) is 0 Å². The monoisotopic (exact) mass is 426 g/mol. The van der Waals surface area contributed by atoms with Crippen LogP contribution in [0.15, 0.2) is 78.2 Å². The van der Waals surface area contributed by atoms with E-state index in [0.717, 1.165) is 24.2 Å². The van der Waals surface area contributed by atoms with E-state index in [4.69, 9.17) is 0 Å². The first-order valence-electron chi connectivity index (χ1n) is 9.98. The van der Waals surface area contributed by atoms with Gasteiger partial charge in [0.1, 0.15) is 0 Å². The summed E-state index contributed by atoms with van der Waals surface area (Å²) in [6.07, 6.45) is 2.49. The highest BCUT2D eigenvalue weighted by Crippen LogP contribution is 2.29. The second-order valence-electron chi connectivity index (χ2n) is 7.27. The average molecular weight is 427 g/mol. The predicted molar refractivity (Wildman–Crippen MR) is 123 cm³/mol. The molecule has 2 aromatic carbocycles. The second kappa shape index (κ2) is 10.6. The lowest BCUT2D eigenvalue weighted by molar-refractivity contribution is -0.121. The minimum atomic E-state index is -0.287. The van der Waals surface area contributed by atoms with Gasteiger partial charge in [0, 0.05) is 11.4 Å². The Balaban J connectivity index is 0.00000240. The highest BCUT2D eigenvalue weighted by atomic mass is 35.5. The summed E-state index contributed by atoms with van der Waals surface area (Å²) < 4.78 is 0. The summed E-state index contributed by atoms with van der Waals surface area (Å²) in [5.41, 5.74) is 2.06. The first-order chi connectivity index (χ1) is 13.8. The molecule has 4 rings (SSSR count). The number of carbonyl (C=O) groups is 1. The molecule has 1 N–H and O–H groups in total. The molecule has 3 aromatic rings. The van der Waals surface area contributed by atoms with E-state index in [9.17, 15) is 4.79 Å². The normalized spacial score (nSPS) is 15.1. The van der Waals surface area contributed by atoms with Gasteiger partial charge in [0.05, 0.1) is 12.0 Å². The Hall–Kier alpha value is -2.14. The second-order valence-corrected chi connectivity index (χ2v) is 8.25. The molecular formula is C24H27ClN2OS. The summed E-state index contributed by atoms with van der Waals surface area (Å²) in [6.45, 7) is 2.87. The SMILES string of the molecule is Cl.O=C(NCC(c1cccs1)N1CCCC1)C(c1ccccc1)c1ccccc1. The van der Waals surface area contributed by atoms with Crippen LogP contribution in [0.2, 0.25) is 0 Å². The zero-order valence-electron chi connectivity index (χ0n) is 16.4. The van der Waals surface area contributed by atoms with Crippen molar-refractivity contribution in [3.8, 4) is 0 Å². The van der Waals surface area contributed by atoms with Gasteiger partial charge in [-0.15, -0.1) is 23.7 Å². The van der Waals surface area contributed by atoms with Crippen LogP contribution in [0.4, 0.5) is 0 Å². The van der Waals surface area contributed by atoms with Gasteiger partial charge in [-0.1, -0.05) is 66.7 Å². The maximum atomic E-state index is 13.3. The number of nitrogens with zero attached hydrogens (tertiary/aromatic N) is 1. The molecule has 1 amide bonds. The zero-order valence-corrected chi connectivity index (χ0v) is 18.0. The molecule has 0 saturated carbocycles. The van der Waals surface area contributed by atoms with Gasteiger partial charge in [-0.2, -0.15) is 0 Å². The average Bonchev–Trinajstić information content (AvgIpc) is 3.45. The minimum absolute atomic E-state index is 0. The van der Waals surface area contributed by atoms with Gasteiger partial charge in [0.25, 0.3) is 0 Å². The quantitative estimate of drug-likeness (QED) is 0.559. The van der Waals surface area contributed by atoms with Crippen molar-refractivity contribution in [2.24, 2.45) is 0 Å². The Bertz CT molecular complexity index is 825. The third-order valence-corrected chi connectivity index (χ3v) is 6.42. The number of hydrogen-bond acceptors (Lipinski definition) is 3. The smallest absolute Gasteiger partial charge is 0.232 e. The lowest BCUT2D eigenvalue weighted by Gasteiger charge is -2.28. The molecule has 0 bridgehead atoms. The summed E-state index contributed by atoms with van der Waals surface area (Å²) in [5.74, 6) is -0.219. The molecular weight excluding hydrogens is 400 g/mol. The Morgan fingerprint density at radius 2 is 1.48 bits per heavy atom. The number of halogens is 1. The van der Waals surface area contributed by atoms with E-state index >= 15 is 0 Å². The fraction of sp³-hybridized carbons (Fsp3) is 0.292. The largest absolute Gasteiger partial charge is 0.353 e. The Kier molecular flexibility index (Phi) is 7.87. The highest BCUT2D eigenvalue weighted by Gasteiger charge is 2.27. The van der Waals surface area contributed by atoms with Crippen LogP contribution in [-0.2, 0) is 4.79 Å². The zero-order chi connectivity index (χ0) is 19.2. The van der Waals surface area contributed by atoms with E-state index in [2.05, 4.69) is 27.7 Å². The Morgan fingerprint density at radius 1 is 0.897 bits per heavy atom. The van der Waals surface area contributed by atoms with Crippen molar-refractivity contribution in [3.63, 3.8) is 0 Å². The lowest BCUT2D eigenvalue weighted by Crippen LogP contribution is -2.38. The number of nitrogens with one attached hydrogen (secondary N) is 1. The van der Waals surface area contributed by atoms with Gasteiger partial charge in [-0.25, -0.2) is 0 Å².